The van der Waals surface area contributed by atoms with Gasteiger partial charge in [-0.2, -0.15) is 0 Å². The van der Waals surface area contributed by atoms with Crippen molar-refractivity contribution in [3.05, 3.63) is 0 Å². The van der Waals surface area contributed by atoms with Crippen LogP contribution in [0.15, 0.2) is 0 Å². The number of carbonyl (C=O) groups is 4. The van der Waals surface area contributed by atoms with Gasteiger partial charge < -0.3 is 33.8 Å². The van der Waals surface area contributed by atoms with Gasteiger partial charge in [0.1, 0.15) is 19.3 Å². The number of unbranched alkanes of at least 4 members (excludes halogenated alkanes) is 51. The smallest absolute Gasteiger partial charge is 0.462 e. The molecule has 0 fully saturated rings. The fourth-order valence-corrected chi connectivity index (χ4v) is 14.4. The maximum atomic E-state index is 13.1. The van der Waals surface area contributed by atoms with Crippen molar-refractivity contribution in [2.24, 2.45) is 11.8 Å². The van der Waals surface area contributed by atoms with E-state index in [1.165, 1.54) is 250 Å². The van der Waals surface area contributed by atoms with Crippen LogP contribution in [0.5, 0.6) is 0 Å². The number of hydrogen-bond acceptors (Lipinski definition) is 15. The second-order valence-electron chi connectivity index (χ2n) is 30.6. The summed E-state index contributed by atoms with van der Waals surface area (Å²) in [6.07, 6.45) is 65.4. The van der Waals surface area contributed by atoms with Crippen molar-refractivity contribution in [1.82, 2.24) is 0 Å². The Hall–Kier alpha value is -1.94. The summed E-state index contributed by atoms with van der Waals surface area (Å²) < 4.78 is 68.8. The minimum absolute atomic E-state index is 0.105. The van der Waals surface area contributed by atoms with Gasteiger partial charge in [-0.3, -0.25) is 37.3 Å². The van der Waals surface area contributed by atoms with Crippen LogP contribution in [0.25, 0.3) is 0 Å². The number of aliphatic hydroxyl groups is 1. The maximum Gasteiger partial charge on any atom is 0.472 e. The third kappa shape index (κ3) is 74.9. The van der Waals surface area contributed by atoms with Crippen molar-refractivity contribution in [3.8, 4) is 0 Å². The number of ether oxygens (including phenoxy) is 4. The first-order chi connectivity index (χ1) is 49.4. The van der Waals surface area contributed by atoms with Gasteiger partial charge in [0.25, 0.3) is 0 Å². The van der Waals surface area contributed by atoms with Crippen molar-refractivity contribution < 1.29 is 80.2 Å². The lowest BCUT2D eigenvalue weighted by molar-refractivity contribution is -0.161. The van der Waals surface area contributed by atoms with Crippen LogP contribution in [-0.2, 0) is 65.4 Å². The average molecular weight is 1490 g/mol. The quantitative estimate of drug-likeness (QED) is 0.0222. The standard InChI is InChI=1S/C83H162O17P2/c1-7-10-12-14-16-18-20-22-24-26-28-30-32-34-36-38-43-47-55-61-67-82(87)99-78(71-93-80(85)65-59-53-46-42-37-35-33-31-29-27-25-23-21-19-17-15-13-11-8-2)73-97-101(89,90)95-69-77(84)70-96-102(91,92)98-74-79(72-94-81(86)66-60-54-50-49-52-58-64-76(6)9-3)100-83(88)68-62-56-48-44-40-39-41-45-51-57-63-75(4)5/h75-79,84H,7-74H2,1-6H3,(H,89,90)(H,91,92)/t76?,77-,78-,79-/m1/s1. The highest BCUT2D eigenvalue weighted by molar-refractivity contribution is 7.47. The topological polar surface area (TPSA) is 237 Å². The Kier molecular flexibility index (Phi) is 73.1. The van der Waals surface area contributed by atoms with Crippen LogP contribution < -0.4 is 0 Å². The summed E-state index contributed by atoms with van der Waals surface area (Å²) in [5.74, 6) is -0.626. The summed E-state index contributed by atoms with van der Waals surface area (Å²) in [5.41, 5.74) is 0. The van der Waals surface area contributed by atoms with Crippen LogP contribution in [0.4, 0.5) is 0 Å². The lowest BCUT2D eigenvalue weighted by Crippen LogP contribution is -2.30. The fraction of sp³-hybridized carbons (Fsp3) is 0.952. The summed E-state index contributed by atoms with van der Waals surface area (Å²) in [6.45, 7) is 9.59. The third-order valence-electron chi connectivity index (χ3n) is 19.8. The van der Waals surface area contributed by atoms with Gasteiger partial charge in [0.2, 0.25) is 0 Å². The number of aliphatic hydroxyl groups excluding tert-OH is 1. The highest BCUT2D eigenvalue weighted by Crippen LogP contribution is 2.45. The molecule has 0 saturated heterocycles. The van der Waals surface area contributed by atoms with Crippen LogP contribution in [0, 0.1) is 11.8 Å². The molecule has 102 heavy (non-hydrogen) atoms. The van der Waals surface area contributed by atoms with E-state index < -0.39 is 97.5 Å². The molecule has 3 unspecified atom stereocenters. The Labute approximate surface area is 626 Å². The Balaban J connectivity index is 5.22. The van der Waals surface area contributed by atoms with Crippen molar-refractivity contribution in [2.75, 3.05) is 39.6 Å². The van der Waals surface area contributed by atoms with E-state index >= 15 is 0 Å². The van der Waals surface area contributed by atoms with Gasteiger partial charge in [-0.25, -0.2) is 9.13 Å². The monoisotopic (exact) mass is 1490 g/mol. The molecule has 0 aromatic heterocycles. The molecule has 0 saturated carbocycles. The zero-order valence-corrected chi connectivity index (χ0v) is 68.7. The zero-order chi connectivity index (χ0) is 74.9. The first kappa shape index (κ1) is 100. The van der Waals surface area contributed by atoms with Gasteiger partial charge in [0, 0.05) is 25.7 Å². The molecule has 0 spiro atoms. The number of carbonyl (C=O) groups excluding carboxylic acids is 4. The Morgan fingerprint density at radius 3 is 0.745 bits per heavy atom. The maximum absolute atomic E-state index is 13.1. The SMILES string of the molecule is CCCCCCCCCCCCCCCCCCCCCCC(=O)O[C@H](COC(=O)CCCCCCCCCCCCCCCCCCCCC)COP(=O)(O)OC[C@@H](O)COP(=O)(O)OC[C@@H](COC(=O)CCCCCCCCC(C)CC)OC(=O)CCCCCCCCCCCCC(C)C. The van der Waals surface area contributed by atoms with Gasteiger partial charge in [-0.15, -0.1) is 0 Å². The predicted octanol–water partition coefficient (Wildman–Crippen LogP) is 25.1. The lowest BCUT2D eigenvalue weighted by atomic mass is 10.00. The molecule has 0 aliphatic rings. The molecule has 0 radical (unpaired) electrons. The van der Waals surface area contributed by atoms with Crippen LogP contribution in [0.2, 0.25) is 0 Å². The summed E-state index contributed by atoms with van der Waals surface area (Å²) >= 11 is 0. The second-order valence-corrected chi connectivity index (χ2v) is 33.5. The molecule has 0 rings (SSSR count). The van der Waals surface area contributed by atoms with Crippen LogP contribution in [0.1, 0.15) is 440 Å². The number of hydrogen-bond donors (Lipinski definition) is 3. The highest BCUT2D eigenvalue weighted by atomic mass is 31.2. The van der Waals surface area contributed by atoms with Crippen molar-refractivity contribution in [2.45, 2.75) is 458 Å². The van der Waals surface area contributed by atoms with Crippen molar-refractivity contribution in [3.63, 3.8) is 0 Å². The van der Waals surface area contributed by atoms with Gasteiger partial charge in [-0.1, -0.05) is 388 Å². The summed E-state index contributed by atoms with van der Waals surface area (Å²) in [4.78, 5) is 73.1. The molecule has 0 aliphatic carbocycles. The first-order valence-corrected chi connectivity index (χ1v) is 46.0. The Morgan fingerprint density at radius 1 is 0.284 bits per heavy atom. The molecule has 3 N–H and O–H groups in total. The summed E-state index contributed by atoms with van der Waals surface area (Å²) in [7, 11) is -9.92. The van der Waals surface area contributed by atoms with Crippen molar-refractivity contribution >= 4 is 39.5 Å². The minimum Gasteiger partial charge on any atom is -0.462 e. The molecule has 0 aromatic rings. The Morgan fingerprint density at radius 2 is 0.500 bits per heavy atom. The normalized spacial score (nSPS) is 14.1. The molecule has 0 amide bonds. The van der Waals surface area contributed by atoms with Gasteiger partial charge in [0.15, 0.2) is 12.2 Å². The fourth-order valence-electron chi connectivity index (χ4n) is 12.9. The van der Waals surface area contributed by atoms with E-state index in [0.717, 1.165) is 108 Å². The van der Waals surface area contributed by atoms with Crippen molar-refractivity contribution in [1.29, 1.82) is 0 Å². The molecule has 6 atom stereocenters. The second kappa shape index (κ2) is 74.5. The van der Waals surface area contributed by atoms with Crippen LogP contribution >= 0.6 is 15.6 Å². The Bertz CT molecular complexity index is 1960. The number of esters is 4. The first-order valence-electron chi connectivity index (χ1n) is 43.0. The number of phosphoric ester groups is 2. The van der Waals surface area contributed by atoms with E-state index in [2.05, 4.69) is 41.5 Å². The molecule has 19 heteroatoms. The van der Waals surface area contributed by atoms with E-state index in [9.17, 15) is 43.2 Å². The molecular formula is C83H162O17P2. The molecule has 0 aromatic carbocycles. The van der Waals surface area contributed by atoms with Crippen LogP contribution in [0.3, 0.4) is 0 Å². The zero-order valence-electron chi connectivity index (χ0n) is 66.9. The molecule has 0 bridgehead atoms. The van der Waals surface area contributed by atoms with Gasteiger partial charge >= 0.3 is 39.5 Å². The third-order valence-corrected chi connectivity index (χ3v) is 21.7. The lowest BCUT2D eigenvalue weighted by Gasteiger charge is -2.21. The predicted molar refractivity (Wildman–Crippen MR) is 418 cm³/mol. The van der Waals surface area contributed by atoms with Gasteiger partial charge in [-0.05, 0) is 37.5 Å². The minimum atomic E-state index is -4.96. The largest absolute Gasteiger partial charge is 0.472 e. The summed E-state index contributed by atoms with van der Waals surface area (Å²) in [6, 6.07) is 0. The van der Waals surface area contributed by atoms with E-state index in [0.29, 0.717) is 25.7 Å². The molecular weight excluding hydrogens is 1330 g/mol. The van der Waals surface area contributed by atoms with E-state index in [4.69, 9.17) is 37.0 Å². The van der Waals surface area contributed by atoms with Crippen LogP contribution in [-0.4, -0.2) is 96.7 Å². The molecule has 17 nitrogen and oxygen atoms in total. The molecule has 0 heterocycles. The van der Waals surface area contributed by atoms with E-state index in [1.807, 2.05) is 0 Å². The molecule has 0 aliphatic heterocycles. The highest BCUT2D eigenvalue weighted by Gasteiger charge is 2.30. The van der Waals surface area contributed by atoms with E-state index in [1.54, 1.807) is 0 Å². The number of rotatable bonds is 82. The average Bonchev–Trinajstić information content (AvgIpc) is 0.910. The van der Waals surface area contributed by atoms with E-state index in [-0.39, 0.29) is 25.7 Å². The summed E-state index contributed by atoms with van der Waals surface area (Å²) in [5, 5.41) is 10.7. The molecule has 606 valence electrons. The van der Waals surface area contributed by atoms with Gasteiger partial charge in [0.05, 0.1) is 26.4 Å². The number of phosphoric acid groups is 2.